The lowest BCUT2D eigenvalue weighted by molar-refractivity contribution is -0.146. The van der Waals surface area contributed by atoms with Crippen molar-refractivity contribution in [3.8, 4) is 22.5 Å². The number of rotatable bonds is 9. The number of likely N-dealkylation sites (tertiary alicyclic amines) is 1. The van der Waals surface area contributed by atoms with Gasteiger partial charge < -0.3 is 25.4 Å². The summed E-state index contributed by atoms with van der Waals surface area (Å²) in [5.41, 5.74) is -0.00713. The zero-order chi connectivity index (χ0) is 35.0. The average molecular weight is 657 g/mol. The molecule has 1 aliphatic heterocycles. The third kappa shape index (κ3) is 6.97. The van der Waals surface area contributed by atoms with Crippen LogP contribution in [0.5, 0.6) is 0 Å². The molecular formula is C36H44N6O6. The minimum atomic E-state index is -1.49. The molecule has 0 spiro atoms. The molecule has 12 heteroatoms. The standard InChI is InChI=1S/C36H44N6O6/c1-8-24-20-36(24,32(45)46)38-30(43)26-19-25(21-41(26)31(44)29(34(2,3)4)37-33(47)48-35(5,6)7)42-28(23-17-13-10-14-18-23)27(39-40-42)22-15-11-9-12-16-22/h8-18,24-26,29H,1,19-21H2,2-7H3,(H,37,47)(H,38,43)(H,45,46). The van der Waals surface area contributed by atoms with Crippen LogP contribution < -0.4 is 10.6 Å². The molecule has 1 aliphatic carbocycles. The zero-order valence-corrected chi connectivity index (χ0v) is 28.3. The highest BCUT2D eigenvalue weighted by molar-refractivity contribution is 5.96. The van der Waals surface area contributed by atoms with Crippen molar-refractivity contribution in [1.29, 1.82) is 0 Å². The molecule has 3 aromatic rings. The maximum absolute atomic E-state index is 14.5. The fourth-order valence-electron chi connectivity index (χ4n) is 6.25. The number of nitrogens with zero attached hydrogens (tertiary/aromatic N) is 4. The number of hydrogen-bond donors (Lipinski definition) is 3. The van der Waals surface area contributed by atoms with Crippen molar-refractivity contribution in [2.75, 3.05) is 6.54 Å². The summed E-state index contributed by atoms with van der Waals surface area (Å²) >= 11 is 0. The Bertz CT molecular complexity index is 1690. The Labute approximate surface area is 280 Å². The first kappa shape index (κ1) is 34.3. The van der Waals surface area contributed by atoms with Gasteiger partial charge in [0.2, 0.25) is 11.8 Å². The van der Waals surface area contributed by atoms with Crippen molar-refractivity contribution >= 4 is 23.9 Å². The van der Waals surface area contributed by atoms with Crippen molar-refractivity contribution in [3.63, 3.8) is 0 Å². The van der Waals surface area contributed by atoms with Gasteiger partial charge in [0.1, 0.15) is 28.9 Å². The van der Waals surface area contributed by atoms with E-state index in [0.717, 1.165) is 16.8 Å². The highest BCUT2D eigenvalue weighted by Gasteiger charge is 2.61. The Kier molecular flexibility index (Phi) is 9.22. The van der Waals surface area contributed by atoms with Crippen molar-refractivity contribution in [3.05, 3.63) is 73.3 Å². The van der Waals surface area contributed by atoms with E-state index in [0.29, 0.717) is 5.69 Å². The number of alkyl carbamates (subject to hydrolysis) is 1. The SMILES string of the molecule is C=CC1CC1(NC(=O)C1CC(n2nnc(-c3ccccc3)c2-c2ccccc2)CN1C(=O)C(NC(=O)OC(C)(C)C)C(C)(C)C)C(=O)O. The van der Waals surface area contributed by atoms with Crippen LogP contribution in [-0.4, -0.2) is 78.6 Å². The van der Waals surface area contributed by atoms with Gasteiger partial charge in [-0.15, -0.1) is 11.7 Å². The summed E-state index contributed by atoms with van der Waals surface area (Å²) in [5.74, 6) is -2.71. The summed E-state index contributed by atoms with van der Waals surface area (Å²) in [5, 5.41) is 24.6. The summed E-state index contributed by atoms with van der Waals surface area (Å²) in [6, 6.07) is 16.6. The quantitative estimate of drug-likeness (QED) is 0.277. The monoisotopic (exact) mass is 656 g/mol. The van der Waals surface area contributed by atoms with Crippen molar-refractivity contribution in [2.24, 2.45) is 11.3 Å². The first-order chi connectivity index (χ1) is 22.6. The lowest BCUT2D eigenvalue weighted by atomic mass is 9.85. The second kappa shape index (κ2) is 12.9. The van der Waals surface area contributed by atoms with Crippen LogP contribution in [0.25, 0.3) is 22.5 Å². The van der Waals surface area contributed by atoms with Crippen LogP contribution in [-0.2, 0) is 19.1 Å². The molecule has 1 saturated carbocycles. The van der Waals surface area contributed by atoms with Crippen LogP contribution in [0.2, 0.25) is 0 Å². The molecule has 2 aromatic carbocycles. The van der Waals surface area contributed by atoms with E-state index >= 15 is 0 Å². The molecule has 5 atom stereocenters. The van der Waals surface area contributed by atoms with E-state index in [1.807, 2.05) is 81.4 Å². The zero-order valence-electron chi connectivity index (χ0n) is 28.3. The second-order valence-electron chi connectivity index (χ2n) is 14.6. The number of amides is 3. The molecule has 3 amide bonds. The van der Waals surface area contributed by atoms with Gasteiger partial charge in [0.15, 0.2) is 0 Å². The maximum Gasteiger partial charge on any atom is 0.408 e. The highest BCUT2D eigenvalue weighted by atomic mass is 16.6. The number of hydrogen-bond acceptors (Lipinski definition) is 7. The predicted molar refractivity (Wildman–Crippen MR) is 179 cm³/mol. The number of carboxylic acids is 1. The molecule has 48 heavy (non-hydrogen) atoms. The number of nitrogens with one attached hydrogen (secondary N) is 2. The molecule has 12 nitrogen and oxygen atoms in total. The minimum Gasteiger partial charge on any atom is -0.479 e. The maximum atomic E-state index is 14.5. The lowest BCUT2D eigenvalue weighted by Crippen LogP contribution is -2.59. The smallest absolute Gasteiger partial charge is 0.408 e. The largest absolute Gasteiger partial charge is 0.479 e. The van der Waals surface area contributed by atoms with Gasteiger partial charge in [-0.25, -0.2) is 14.3 Å². The van der Waals surface area contributed by atoms with Gasteiger partial charge in [-0.3, -0.25) is 9.59 Å². The Morgan fingerprint density at radius 2 is 1.60 bits per heavy atom. The third-order valence-electron chi connectivity index (χ3n) is 8.80. The Morgan fingerprint density at radius 3 is 2.12 bits per heavy atom. The van der Waals surface area contributed by atoms with Gasteiger partial charge in [0.05, 0.1) is 11.7 Å². The second-order valence-corrected chi connectivity index (χ2v) is 14.6. The fourth-order valence-corrected chi connectivity index (χ4v) is 6.25. The molecule has 0 bridgehead atoms. The van der Waals surface area contributed by atoms with Gasteiger partial charge in [-0.1, -0.05) is 92.7 Å². The average Bonchev–Trinajstić information content (AvgIpc) is 3.33. The van der Waals surface area contributed by atoms with Crippen LogP contribution >= 0.6 is 0 Å². The Balaban J connectivity index is 1.55. The molecular weight excluding hydrogens is 612 g/mol. The van der Waals surface area contributed by atoms with Gasteiger partial charge in [-0.2, -0.15) is 0 Å². The number of ether oxygens (including phenoxy) is 1. The lowest BCUT2D eigenvalue weighted by Gasteiger charge is -2.36. The van der Waals surface area contributed by atoms with E-state index in [1.54, 1.807) is 25.5 Å². The number of aromatic nitrogens is 3. The van der Waals surface area contributed by atoms with E-state index in [9.17, 15) is 24.3 Å². The number of benzene rings is 2. The van der Waals surface area contributed by atoms with Gasteiger partial charge in [0, 0.05) is 30.0 Å². The summed E-state index contributed by atoms with van der Waals surface area (Å²) in [6.07, 6.45) is 1.09. The van der Waals surface area contributed by atoms with Gasteiger partial charge in [-0.05, 0) is 32.6 Å². The van der Waals surface area contributed by atoms with Crippen molar-refractivity contribution in [1.82, 2.24) is 30.5 Å². The van der Waals surface area contributed by atoms with E-state index in [4.69, 9.17) is 4.74 Å². The summed E-state index contributed by atoms with van der Waals surface area (Å²) < 4.78 is 7.22. The van der Waals surface area contributed by atoms with Gasteiger partial charge >= 0.3 is 12.1 Å². The number of carboxylic acid groups (broad SMARTS) is 1. The van der Waals surface area contributed by atoms with E-state index in [1.165, 1.54) is 11.0 Å². The Morgan fingerprint density at radius 1 is 1.00 bits per heavy atom. The molecule has 2 fully saturated rings. The number of carbonyl (C=O) groups excluding carboxylic acids is 3. The summed E-state index contributed by atoms with van der Waals surface area (Å²) in [7, 11) is 0. The molecule has 0 radical (unpaired) electrons. The van der Waals surface area contributed by atoms with Crippen LogP contribution in [0.3, 0.4) is 0 Å². The predicted octanol–water partition coefficient (Wildman–Crippen LogP) is 4.84. The molecule has 5 unspecified atom stereocenters. The molecule has 3 N–H and O–H groups in total. The fraction of sp³-hybridized carbons (Fsp3) is 0.444. The number of aliphatic carboxylic acids is 1. The summed E-state index contributed by atoms with van der Waals surface area (Å²) in [6.45, 7) is 14.4. The molecule has 1 saturated heterocycles. The first-order valence-electron chi connectivity index (χ1n) is 16.1. The number of carbonyl (C=O) groups is 4. The molecule has 2 heterocycles. The first-order valence-corrected chi connectivity index (χ1v) is 16.1. The van der Waals surface area contributed by atoms with Crippen molar-refractivity contribution < 1.29 is 29.0 Å². The van der Waals surface area contributed by atoms with Gasteiger partial charge in [0.25, 0.3) is 0 Å². The molecule has 1 aromatic heterocycles. The highest BCUT2D eigenvalue weighted by Crippen LogP contribution is 2.45. The van der Waals surface area contributed by atoms with Crippen LogP contribution in [0.4, 0.5) is 4.79 Å². The molecule has 254 valence electrons. The van der Waals surface area contributed by atoms with E-state index < -0.39 is 64.5 Å². The Hall–Kier alpha value is -5.00. The topological polar surface area (TPSA) is 156 Å². The van der Waals surface area contributed by atoms with Crippen LogP contribution in [0.1, 0.15) is 60.4 Å². The molecule has 2 aliphatic rings. The summed E-state index contributed by atoms with van der Waals surface area (Å²) in [4.78, 5) is 55.2. The normalized spacial score (nSPS) is 22.8. The minimum absolute atomic E-state index is 0.0574. The van der Waals surface area contributed by atoms with Crippen molar-refractivity contribution in [2.45, 2.75) is 83.6 Å². The molecule has 5 rings (SSSR count). The van der Waals surface area contributed by atoms with E-state index in [2.05, 4.69) is 27.5 Å². The van der Waals surface area contributed by atoms with Crippen LogP contribution in [0.15, 0.2) is 73.3 Å². The van der Waals surface area contributed by atoms with E-state index in [-0.39, 0.29) is 19.4 Å². The van der Waals surface area contributed by atoms with Crippen LogP contribution in [0, 0.1) is 11.3 Å². The third-order valence-corrected chi connectivity index (χ3v) is 8.80.